The molecule has 1 amide bonds. The van der Waals surface area contributed by atoms with E-state index in [0.717, 1.165) is 40.8 Å². The van der Waals surface area contributed by atoms with Crippen molar-refractivity contribution >= 4 is 16.9 Å². The molecule has 30 heavy (non-hydrogen) atoms. The number of amides is 1. The minimum Gasteiger partial charge on any atom is -0.354 e. The molecule has 0 bridgehead atoms. The molecule has 4 nitrogen and oxygen atoms in total. The first-order valence-electron chi connectivity index (χ1n) is 10.5. The van der Waals surface area contributed by atoms with Crippen molar-refractivity contribution < 1.29 is 4.79 Å². The number of fused-ring (bicyclic) bond motifs is 1. The van der Waals surface area contributed by atoms with E-state index in [-0.39, 0.29) is 5.91 Å². The number of benzene rings is 3. The molecule has 0 saturated carbocycles. The molecule has 4 rings (SSSR count). The molecule has 0 saturated heterocycles. The molecule has 3 aromatic carbocycles. The Morgan fingerprint density at radius 1 is 0.900 bits per heavy atom. The zero-order valence-corrected chi connectivity index (χ0v) is 17.3. The molecule has 1 aromatic heterocycles. The molecule has 1 N–H and O–H groups in total. The molecule has 0 aliphatic heterocycles. The standard InChI is InChI=1S/C26H27N3O/c1-20-9-5-6-12-22(20)19-26(30)27-17-18-29-24-14-8-7-13-23(24)28-25(29)16-15-21-10-3-2-4-11-21/h2-14H,15-19H2,1H3,(H,27,30). The molecule has 0 aliphatic carbocycles. The smallest absolute Gasteiger partial charge is 0.224 e. The minimum atomic E-state index is 0.0551. The average Bonchev–Trinajstić information content (AvgIpc) is 3.12. The Morgan fingerprint density at radius 3 is 2.47 bits per heavy atom. The van der Waals surface area contributed by atoms with Gasteiger partial charge in [0.2, 0.25) is 5.91 Å². The number of nitrogens with zero attached hydrogens (tertiary/aromatic N) is 2. The van der Waals surface area contributed by atoms with Gasteiger partial charge in [0, 0.05) is 19.5 Å². The fourth-order valence-corrected chi connectivity index (χ4v) is 3.82. The molecule has 0 spiro atoms. The zero-order chi connectivity index (χ0) is 20.8. The average molecular weight is 398 g/mol. The third-order valence-electron chi connectivity index (χ3n) is 5.48. The third-order valence-corrected chi connectivity index (χ3v) is 5.48. The summed E-state index contributed by atoms with van der Waals surface area (Å²) in [7, 11) is 0. The van der Waals surface area contributed by atoms with Crippen LogP contribution in [0.3, 0.4) is 0 Å². The van der Waals surface area contributed by atoms with E-state index in [1.165, 1.54) is 5.56 Å². The highest BCUT2D eigenvalue weighted by atomic mass is 16.1. The van der Waals surface area contributed by atoms with Gasteiger partial charge in [0.25, 0.3) is 0 Å². The van der Waals surface area contributed by atoms with Crippen LogP contribution in [0.1, 0.15) is 22.5 Å². The fraction of sp³-hybridized carbons (Fsp3) is 0.231. The largest absolute Gasteiger partial charge is 0.354 e. The summed E-state index contributed by atoms with van der Waals surface area (Å²) in [6.45, 7) is 3.34. The summed E-state index contributed by atoms with van der Waals surface area (Å²) < 4.78 is 2.24. The van der Waals surface area contributed by atoms with E-state index >= 15 is 0 Å². The summed E-state index contributed by atoms with van der Waals surface area (Å²) in [6, 6.07) is 26.7. The number of carbonyl (C=O) groups is 1. The summed E-state index contributed by atoms with van der Waals surface area (Å²) in [5, 5.41) is 3.07. The van der Waals surface area contributed by atoms with Crippen molar-refractivity contribution in [2.45, 2.75) is 32.7 Å². The maximum absolute atomic E-state index is 12.4. The number of rotatable bonds is 8. The SMILES string of the molecule is Cc1ccccc1CC(=O)NCCn1c(CCc2ccccc2)nc2ccccc21. The predicted octanol–water partition coefficient (Wildman–Crippen LogP) is 4.49. The van der Waals surface area contributed by atoms with Gasteiger partial charge in [0.05, 0.1) is 17.5 Å². The first-order chi connectivity index (χ1) is 14.7. The molecule has 0 unspecified atom stereocenters. The van der Waals surface area contributed by atoms with Gasteiger partial charge in [-0.05, 0) is 42.2 Å². The Morgan fingerprint density at radius 2 is 1.63 bits per heavy atom. The van der Waals surface area contributed by atoms with Crippen LogP contribution in [0.4, 0.5) is 0 Å². The Hall–Kier alpha value is -3.40. The van der Waals surface area contributed by atoms with Crippen molar-refractivity contribution in [3.05, 3.63) is 101 Å². The molecule has 152 valence electrons. The van der Waals surface area contributed by atoms with Crippen LogP contribution < -0.4 is 5.32 Å². The van der Waals surface area contributed by atoms with E-state index in [0.29, 0.717) is 19.5 Å². The van der Waals surface area contributed by atoms with Gasteiger partial charge in [-0.25, -0.2) is 4.98 Å². The summed E-state index contributed by atoms with van der Waals surface area (Å²) in [5.41, 5.74) is 5.66. The molecule has 0 atom stereocenters. The number of hydrogen-bond acceptors (Lipinski definition) is 2. The number of nitrogens with one attached hydrogen (secondary N) is 1. The molecule has 4 aromatic rings. The van der Waals surface area contributed by atoms with E-state index in [4.69, 9.17) is 4.98 Å². The van der Waals surface area contributed by atoms with Crippen LogP contribution in [0.2, 0.25) is 0 Å². The number of aromatic nitrogens is 2. The van der Waals surface area contributed by atoms with Crippen molar-refractivity contribution in [1.29, 1.82) is 0 Å². The van der Waals surface area contributed by atoms with Crippen molar-refractivity contribution in [2.24, 2.45) is 0 Å². The maximum Gasteiger partial charge on any atom is 0.224 e. The monoisotopic (exact) mass is 397 g/mol. The van der Waals surface area contributed by atoms with Gasteiger partial charge in [0.15, 0.2) is 0 Å². The van der Waals surface area contributed by atoms with Gasteiger partial charge in [-0.2, -0.15) is 0 Å². The Balaban J connectivity index is 1.42. The highest BCUT2D eigenvalue weighted by Gasteiger charge is 2.11. The molecule has 1 heterocycles. The Labute approximate surface area is 177 Å². The second kappa shape index (κ2) is 9.40. The highest BCUT2D eigenvalue weighted by molar-refractivity contribution is 5.79. The van der Waals surface area contributed by atoms with Crippen molar-refractivity contribution in [2.75, 3.05) is 6.54 Å². The van der Waals surface area contributed by atoms with Crippen molar-refractivity contribution in [1.82, 2.24) is 14.9 Å². The summed E-state index contributed by atoms with van der Waals surface area (Å²) in [4.78, 5) is 17.3. The third kappa shape index (κ3) is 4.77. The molecule has 0 radical (unpaired) electrons. The highest BCUT2D eigenvalue weighted by Crippen LogP contribution is 2.17. The Kier molecular flexibility index (Phi) is 6.23. The van der Waals surface area contributed by atoms with E-state index in [1.807, 2.05) is 49.4 Å². The lowest BCUT2D eigenvalue weighted by Crippen LogP contribution is -2.29. The van der Waals surface area contributed by atoms with Crippen LogP contribution in [-0.2, 0) is 30.6 Å². The molecule has 0 fully saturated rings. The van der Waals surface area contributed by atoms with Gasteiger partial charge >= 0.3 is 0 Å². The summed E-state index contributed by atoms with van der Waals surface area (Å²) in [5.74, 6) is 1.12. The van der Waals surface area contributed by atoms with E-state index in [2.05, 4.69) is 46.3 Å². The van der Waals surface area contributed by atoms with Crippen LogP contribution in [0, 0.1) is 6.92 Å². The van der Waals surface area contributed by atoms with Crippen LogP contribution in [0.5, 0.6) is 0 Å². The quantitative estimate of drug-likeness (QED) is 0.476. The zero-order valence-electron chi connectivity index (χ0n) is 17.3. The first kappa shape index (κ1) is 19.9. The molecule has 4 heteroatoms. The van der Waals surface area contributed by atoms with E-state index < -0.39 is 0 Å². The number of imidazole rings is 1. The van der Waals surface area contributed by atoms with Crippen LogP contribution in [0.25, 0.3) is 11.0 Å². The number of para-hydroxylation sites is 2. The second-order valence-corrected chi connectivity index (χ2v) is 7.61. The number of hydrogen-bond donors (Lipinski definition) is 1. The minimum absolute atomic E-state index is 0.0551. The van der Waals surface area contributed by atoms with Crippen LogP contribution in [-0.4, -0.2) is 22.0 Å². The van der Waals surface area contributed by atoms with Crippen LogP contribution >= 0.6 is 0 Å². The normalized spacial score (nSPS) is 11.0. The van der Waals surface area contributed by atoms with Gasteiger partial charge in [0.1, 0.15) is 5.82 Å². The summed E-state index contributed by atoms with van der Waals surface area (Å²) >= 11 is 0. The van der Waals surface area contributed by atoms with Crippen molar-refractivity contribution in [3.63, 3.8) is 0 Å². The number of aryl methyl sites for hydroxylation is 3. The fourth-order valence-electron chi connectivity index (χ4n) is 3.82. The summed E-state index contributed by atoms with van der Waals surface area (Å²) in [6.07, 6.45) is 2.23. The van der Waals surface area contributed by atoms with E-state index in [9.17, 15) is 4.79 Å². The molecular formula is C26H27N3O. The second-order valence-electron chi connectivity index (χ2n) is 7.61. The number of carbonyl (C=O) groups excluding carboxylic acids is 1. The maximum atomic E-state index is 12.4. The molecule has 0 aliphatic rings. The Bertz CT molecular complexity index is 1130. The van der Waals surface area contributed by atoms with Gasteiger partial charge in [-0.3, -0.25) is 4.79 Å². The lowest BCUT2D eigenvalue weighted by Gasteiger charge is -2.11. The van der Waals surface area contributed by atoms with E-state index in [1.54, 1.807) is 0 Å². The topological polar surface area (TPSA) is 46.9 Å². The lowest BCUT2D eigenvalue weighted by molar-refractivity contribution is -0.120. The van der Waals surface area contributed by atoms with Crippen LogP contribution in [0.15, 0.2) is 78.9 Å². The van der Waals surface area contributed by atoms with Gasteiger partial charge in [-0.1, -0.05) is 66.7 Å². The first-order valence-corrected chi connectivity index (χ1v) is 10.5. The lowest BCUT2D eigenvalue weighted by atomic mass is 10.1. The van der Waals surface area contributed by atoms with Gasteiger partial charge < -0.3 is 9.88 Å². The van der Waals surface area contributed by atoms with Gasteiger partial charge in [-0.15, -0.1) is 0 Å². The van der Waals surface area contributed by atoms with Crippen molar-refractivity contribution in [3.8, 4) is 0 Å². The molecular weight excluding hydrogens is 370 g/mol. The predicted molar refractivity (Wildman–Crippen MR) is 121 cm³/mol.